The molecule has 1 aromatic carbocycles. The molecule has 0 bridgehead atoms. The molecule has 3 aliphatic carbocycles. The van der Waals surface area contributed by atoms with Gasteiger partial charge in [-0.1, -0.05) is 63.9 Å². The number of hydrogen-bond donors (Lipinski definition) is 0. The van der Waals surface area contributed by atoms with Crippen molar-refractivity contribution in [1.82, 2.24) is 0 Å². The molecule has 8 heteroatoms. The molecular formula is C44H58O8. The normalized spacial score (nSPS) is 25.8. The minimum atomic E-state index is -0.932. The zero-order valence-corrected chi connectivity index (χ0v) is 31.4. The molecular weight excluding hydrogens is 656 g/mol. The number of carbonyl (C=O) groups excluding carboxylic acids is 4. The van der Waals surface area contributed by atoms with Crippen LogP contribution in [-0.2, 0) is 28.6 Å². The van der Waals surface area contributed by atoms with Crippen LogP contribution < -0.4 is 4.74 Å². The van der Waals surface area contributed by atoms with Gasteiger partial charge in [-0.05, 0) is 120 Å². The predicted molar refractivity (Wildman–Crippen MR) is 200 cm³/mol. The zero-order chi connectivity index (χ0) is 37.5. The van der Waals surface area contributed by atoms with Crippen LogP contribution in [0.4, 0.5) is 0 Å². The monoisotopic (exact) mass is 714 g/mol. The summed E-state index contributed by atoms with van der Waals surface area (Å²) >= 11 is 0. The third kappa shape index (κ3) is 11.7. The molecule has 8 nitrogen and oxygen atoms in total. The van der Waals surface area contributed by atoms with Crippen molar-refractivity contribution >= 4 is 23.9 Å². The van der Waals surface area contributed by atoms with Crippen LogP contribution in [0.3, 0.4) is 0 Å². The maximum atomic E-state index is 13.3. The summed E-state index contributed by atoms with van der Waals surface area (Å²) in [6.07, 6.45) is 28.8. The quantitative estimate of drug-likeness (QED) is 0.0418. The van der Waals surface area contributed by atoms with Crippen molar-refractivity contribution in [2.24, 2.45) is 29.6 Å². The van der Waals surface area contributed by atoms with Gasteiger partial charge in [0.05, 0.1) is 36.2 Å². The molecule has 0 aromatic heterocycles. The third-order valence-electron chi connectivity index (χ3n) is 11.5. The van der Waals surface area contributed by atoms with Crippen LogP contribution in [0.15, 0.2) is 30.4 Å². The van der Waals surface area contributed by atoms with Crippen LogP contribution in [-0.4, -0.2) is 42.7 Å². The highest BCUT2D eigenvalue weighted by Crippen LogP contribution is 2.44. The second-order valence-corrected chi connectivity index (χ2v) is 15.3. The summed E-state index contributed by atoms with van der Waals surface area (Å²) in [6, 6.07) is 4.60. The van der Waals surface area contributed by atoms with Gasteiger partial charge in [0.1, 0.15) is 5.75 Å². The van der Waals surface area contributed by atoms with Crippen molar-refractivity contribution in [3.8, 4) is 30.4 Å². The second-order valence-electron chi connectivity index (χ2n) is 15.3. The number of benzene rings is 1. The molecule has 1 aromatic rings. The van der Waals surface area contributed by atoms with Gasteiger partial charge in [-0.15, -0.1) is 12.8 Å². The van der Waals surface area contributed by atoms with Gasteiger partial charge >= 0.3 is 23.9 Å². The molecule has 0 aliphatic heterocycles. The highest BCUT2D eigenvalue weighted by atomic mass is 16.6. The summed E-state index contributed by atoms with van der Waals surface area (Å²) in [5.41, 5.74) is -0.0478. The molecule has 282 valence electrons. The van der Waals surface area contributed by atoms with E-state index < -0.39 is 23.5 Å². The molecule has 0 radical (unpaired) electrons. The fourth-order valence-electron chi connectivity index (χ4n) is 8.12. The Labute approximate surface area is 311 Å². The first-order chi connectivity index (χ1) is 25.1. The largest absolute Gasteiger partial charge is 0.465 e. The molecule has 3 aliphatic rings. The number of terminal acetylenes is 2. The van der Waals surface area contributed by atoms with Crippen LogP contribution in [0, 0.1) is 54.3 Å². The molecule has 0 spiro atoms. The van der Waals surface area contributed by atoms with Gasteiger partial charge in [0.2, 0.25) is 0 Å². The summed E-state index contributed by atoms with van der Waals surface area (Å²) in [5, 5.41) is 0. The Bertz CT molecular complexity index is 1470. The van der Waals surface area contributed by atoms with E-state index in [0.29, 0.717) is 62.9 Å². The van der Waals surface area contributed by atoms with E-state index in [-0.39, 0.29) is 47.9 Å². The van der Waals surface area contributed by atoms with Gasteiger partial charge in [0.25, 0.3) is 0 Å². The Morgan fingerprint density at radius 2 is 1.42 bits per heavy atom. The maximum absolute atomic E-state index is 13.3. The standard InChI is InChI=1S/C44H58O8/c1-6-9-10-13-32-14-16-34(17-15-32)35-24-26-44(8-3,27-25-35)52-43(48)38-22-23-39(33(7-2)30-38)51-42(47)37-20-18-36(19-21-37)41(46)50-29-12-11-28-49-40(45)31(4)5/h2-3,22-23,30,32,34-37H,4,6,9-21,24-29H2,1,5H3. The Morgan fingerprint density at radius 3 is 2.02 bits per heavy atom. The molecule has 0 heterocycles. The van der Waals surface area contributed by atoms with Gasteiger partial charge < -0.3 is 18.9 Å². The first-order valence-corrected chi connectivity index (χ1v) is 19.6. The van der Waals surface area contributed by atoms with Crippen LogP contribution in [0.25, 0.3) is 0 Å². The Balaban J connectivity index is 1.19. The highest BCUT2D eigenvalue weighted by molar-refractivity contribution is 5.91. The molecule has 4 rings (SSSR count). The second kappa shape index (κ2) is 20.3. The number of ether oxygens (including phenoxy) is 4. The third-order valence-corrected chi connectivity index (χ3v) is 11.5. The summed E-state index contributed by atoms with van der Waals surface area (Å²) in [5.74, 6) is 5.48. The number of carbonyl (C=O) groups is 4. The minimum absolute atomic E-state index is 0.201. The average Bonchev–Trinajstić information content (AvgIpc) is 3.16. The smallest absolute Gasteiger partial charge is 0.339 e. The molecule has 3 saturated carbocycles. The Hall–Kier alpha value is -4.04. The van der Waals surface area contributed by atoms with Crippen molar-refractivity contribution in [3.63, 3.8) is 0 Å². The first kappa shape index (κ1) is 40.7. The van der Waals surface area contributed by atoms with Crippen LogP contribution in [0.5, 0.6) is 5.75 Å². The maximum Gasteiger partial charge on any atom is 0.339 e. The fourth-order valence-corrected chi connectivity index (χ4v) is 8.12. The van der Waals surface area contributed by atoms with Crippen molar-refractivity contribution in [2.45, 2.75) is 135 Å². The van der Waals surface area contributed by atoms with Crippen molar-refractivity contribution in [2.75, 3.05) is 13.2 Å². The minimum Gasteiger partial charge on any atom is -0.465 e. The van der Waals surface area contributed by atoms with E-state index in [9.17, 15) is 19.2 Å². The van der Waals surface area contributed by atoms with Crippen LogP contribution in [0.1, 0.15) is 145 Å². The lowest BCUT2D eigenvalue weighted by Crippen LogP contribution is -2.39. The summed E-state index contributed by atoms with van der Waals surface area (Å²) in [4.78, 5) is 50.4. The molecule has 52 heavy (non-hydrogen) atoms. The molecule has 0 atom stereocenters. The van der Waals surface area contributed by atoms with E-state index in [4.69, 9.17) is 31.8 Å². The summed E-state index contributed by atoms with van der Waals surface area (Å²) < 4.78 is 22.2. The topological polar surface area (TPSA) is 105 Å². The van der Waals surface area contributed by atoms with E-state index in [1.165, 1.54) is 63.5 Å². The van der Waals surface area contributed by atoms with Gasteiger partial charge in [-0.2, -0.15) is 0 Å². The van der Waals surface area contributed by atoms with Gasteiger partial charge in [-0.25, -0.2) is 9.59 Å². The lowest BCUT2D eigenvalue weighted by Gasteiger charge is -2.41. The van der Waals surface area contributed by atoms with Crippen molar-refractivity contribution in [1.29, 1.82) is 0 Å². The molecule has 0 N–H and O–H groups in total. The Morgan fingerprint density at radius 1 is 0.808 bits per heavy atom. The average molecular weight is 715 g/mol. The van der Waals surface area contributed by atoms with Gasteiger partial charge in [0.15, 0.2) is 5.60 Å². The number of hydrogen-bond acceptors (Lipinski definition) is 8. The lowest BCUT2D eigenvalue weighted by molar-refractivity contribution is -0.152. The van der Waals surface area contributed by atoms with Gasteiger partial charge in [0, 0.05) is 5.57 Å². The lowest BCUT2D eigenvalue weighted by atomic mass is 9.67. The first-order valence-electron chi connectivity index (χ1n) is 19.6. The molecule has 0 unspecified atom stereocenters. The predicted octanol–water partition coefficient (Wildman–Crippen LogP) is 8.93. The summed E-state index contributed by atoms with van der Waals surface area (Å²) in [7, 11) is 0. The van der Waals surface area contributed by atoms with E-state index >= 15 is 0 Å². The van der Waals surface area contributed by atoms with E-state index in [2.05, 4.69) is 25.3 Å². The van der Waals surface area contributed by atoms with E-state index in [1.807, 2.05) is 0 Å². The number of unbranched alkanes of at least 4 members (excludes halogenated alkanes) is 3. The number of rotatable bonds is 16. The van der Waals surface area contributed by atoms with Crippen LogP contribution >= 0.6 is 0 Å². The van der Waals surface area contributed by atoms with Crippen molar-refractivity contribution < 1.29 is 38.1 Å². The highest BCUT2D eigenvalue weighted by Gasteiger charge is 2.40. The molecule has 0 amide bonds. The SMILES string of the molecule is C#Cc1cc(C(=O)OC2(C#C)CCC(C3CCC(CCCCC)CC3)CC2)ccc1OC(=O)C1CCC(C(=O)OCCCCOC(=O)C(=C)C)CC1. The van der Waals surface area contributed by atoms with Gasteiger partial charge in [-0.3, -0.25) is 9.59 Å². The van der Waals surface area contributed by atoms with E-state index in [1.54, 1.807) is 13.0 Å². The molecule has 3 fully saturated rings. The molecule has 0 saturated heterocycles. The summed E-state index contributed by atoms with van der Waals surface area (Å²) in [6.45, 7) is 7.88. The van der Waals surface area contributed by atoms with Crippen LogP contribution in [0.2, 0.25) is 0 Å². The fraction of sp³-hybridized carbons (Fsp3) is 0.636. The number of esters is 4. The zero-order valence-electron chi connectivity index (χ0n) is 31.4. The Kier molecular flexibility index (Phi) is 15.9. The van der Waals surface area contributed by atoms with Crippen molar-refractivity contribution in [3.05, 3.63) is 41.5 Å². The van der Waals surface area contributed by atoms with E-state index in [0.717, 1.165) is 24.7 Å².